The fourth-order valence-electron chi connectivity index (χ4n) is 1.09. The standard InChI is InChI=1S/C13H16O2/c1-3-13(14,4-2)10-11-15-12-8-6-5-7-9-12/h5-9,14H,3-4H2,1-2H3. The predicted molar refractivity (Wildman–Crippen MR) is 60.4 cm³/mol. The van der Waals surface area contributed by atoms with E-state index in [9.17, 15) is 5.11 Å². The Bertz CT molecular complexity index is 342. The molecule has 0 heterocycles. The molecule has 0 spiro atoms. The van der Waals surface area contributed by atoms with Crippen molar-refractivity contribution in [1.82, 2.24) is 0 Å². The summed E-state index contributed by atoms with van der Waals surface area (Å²) < 4.78 is 5.18. The van der Waals surface area contributed by atoms with Gasteiger partial charge in [0, 0.05) is 0 Å². The molecule has 1 rings (SSSR count). The summed E-state index contributed by atoms with van der Waals surface area (Å²) in [5.74, 6) is 3.42. The topological polar surface area (TPSA) is 29.5 Å². The summed E-state index contributed by atoms with van der Waals surface area (Å²) in [6, 6.07) is 9.32. The van der Waals surface area contributed by atoms with Crippen LogP contribution in [0.1, 0.15) is 26.7 Å². The molecule has 0 radical (unpaired) electrons. The maximum atomic E-state index is 9.85. The van der Waals surface area contributed by atoms with Crippen LogP contribution in [0.2, 0.25) is 0 Å². The minimum Gasteiger partial charge on any atom is -0.407 e. The van der Waals surface area contributed by atoms with Crippen molar-refractivity contribution < 1.29 is 9.84 Å². The zero-order chi connectivity index (χ0) is 11.1. The molecule has 0 bridgehead atoms. The highest BCUT2D eigenvalue weighted by atomic mass is 16.5. The van der Waals surface area contributed by atoms with Gasteiger partial charge in [0.15, 0.2) is 0 Å². The molecular weight excluding hydrogens is 188 g/mol. The van der Waals surface area contributed by atoms with Crippen LogP contribution in [0.4, 0.5) is 0 Å². The van der Waals surface area contributed by atoms with Crippen LogP contribution >= 0.6 is 0 Å². The van der Waals surface area contributed by atoms with Crippen LogP contribution < -0.4 is 4.74 Å². The molecule has 2 heteroatoms. The first-order valence-corrected chi connectivity index (χ1v) is 5.16. The molecule has 0 saturated heterocycles. The second-order valence-corrected chi connectivity index (χ2v) is 3.38. The molecule has 0 aliphatic rings. The van der Waals surface area contributed by atoms with Gasteiger partial charge < -0.3 is 9.84 Å². The highest BCUT2D eigenvalue weighted by Crippen LogP contribution is 2.13. The molecule has 1 N–H and O–H groups in total. The second-order valence-electron chi connectivity index (χ2n) is 3.38. The summed E-state index contributed by atoms with van der Waals surface area (Å²) >= 11 is 0. The van der Waals surface area contributed by atoms with Gasteiger partial charge in [-0.3, -0.25) is 0 Å². The van der Waals surface area contributed by atoms with Gasteiger partial charge in [-0.05, 0) is 30.9 Å². The second kappa shape index (κ2) is 5.43. The Morgan fingerprint density at radius 3 is 2.33 bits per heavy atom. The van der Waals surface area contributed by atoms with Crippen LogP contribution in [0.15, 0.2) is 30.3 Å². The van der Waals surface area contributed by atoms with Gasteiger partial charge in [-0.15, -0.1) is 0 Å². The average Bonchev–Trinajstić information content (AvgIpc) is 2.30. The Morgan fingerprint density at radius 1 is 1.20 bits per heavy atom. The Balaban J connectivity index is 2.60. The molecule has 0 aromatic heterocycles. The summed E-state index contributed by atoms with van der Waals surface area (Å²) in [5.41, 5.74) is -0.922. The maximum Gasteiger partial charge on any atom is 0.140 e. The van der Waals surface area contributed by atoms with Crippen molar-refractivity contribution >= 4 is 0 Å². The Labute approximate surface area is 90.9 Å². The highest BCUT2D eigenvalue weighted by molar-refractivity contribution is 5.23. The maximum absolute atomic E-state index is 9.85. The summed E-state index contributed by atoms with van der Waals surface area (Å²) in [5, 5.41) is 9.85. The average molecular weight is 204 g/mol. The van der Waals surface area contributed by atoms with Crippen LogP contribution in [0, 0.1) is 12.0 Å². The van der Waals surface area contributed by atoms with Gasteiger partial charge in [-0.25, -0.2) is 0 Å². The van der Waals surface area contributed by atoms with Gasteiger partial charge in [-0.2, -0.15) is 0 Å². The number of aliphatic hydroxyl groups is 1. The smallest absolute Gasteiger partial charge is 0.140 e. The monoisotopic (exact) mass is 204 g/mol. The molecule has 0 aliphatic carbocycles. The third kappa shape index (κ3) is 3.65. The van der Waals surface area contributed by atoms with Crippen LogP contribution in [0.25, 0.3) is 0 Å². The third-order valence-electron chi connectivity index (χ3n) is 2.37. The quantitative estimate of drug-likeness (QED) is 0.767. The van der Waals surface area contributed by atoms with E-state index in [1.54, 1.807) is 0 Å². The van der Waals surface area contributed by atoms with E-state index < -0.39 is 5.60 Å². The molecule has 0 saturated carbocycles. The van der Waals surface area contributed by atoms with E-state index in [0.717, 1.165) is 0 Å². The Hall–Kier alpha value is -1.46. The normalized spacial score (nSPS) is 10.3. The molecule has 0 fully saturated rings. The fraction of sp³-hybridized carbons (Fsp3) is 0.385. The van der Waals surface area contributed by atoms with Crippen molar-refractivity contribution in [2.24, 2.45) is 0 Å². The highest BCUT2D eigenvalue weighted by Gasteiger charge is 2.18. The SMILES string of the molecule is CCC(O)(C#COc1ccccc1)CC. The first-order valence-electron chi connectivity index (χ1n) is 5.16. The van der Waals surface area contributed by atoms with Crippen LogP contribution in [-0.2, 0) is 0 Å². The van der Waals surface area contributed by atoms with E-state index in [0.29, 0.717) is 18.6 Å². The minimum absolute atomic E-state index is 0.606. The van der Waals surface area contributed by atoms with E-state index >= 15 is 0 Å². The van der Waals surface area contributed by atoms with Gasteiger partial charge >= 0.3 is 0 Å². The lowest BCUT2D eigenvalue weighted by Gasteiger charge is -2.16. The number of benzene rings is 1. The summed E-state index contributed by atoms with van der Waals surface area (Å²) in [6.45, 7) is 3.81. The zero-order valence-corrected chi connectivity index (χ0v) is 9.16. The fourth-order valence-corrected chi connectivity index (χ4v) is 1.09. The predicted octanol–water partition coefficient (Wildman–Crippen LogP) is 2.58. The first kappa shape index (κ1) is 11.6. The van der Waals surface area contributed by atoms with E-state index in [1.165, 1.54) is 0 Å². The van der Waals surface area contributed by atoms with Gasteiger partial charge in [0.1, 0.15) is 17.5 Å². The number of ether oxygens (including phenoxy) is 1. The number of hydrogen-bond donors (Lipinski definition) is 1. The number of hydrogen-bond acceptors (Lipinski definition) is 2. The third-order valence-corrected chi connectivity index (χ3v) is 2.37. The molecule has 0 atom stereocenters. The van der Waals surface area contributed by atoms with Crippen molar-refractivity contribution in [2.75, 3.05) is 0 Å². The molecule has 0 amide bonds. The summed E-state index contributed by atoms with van der Waals surface area (Å²) in [4.78, 5) is 0. The van der Waals surface area contributed by atoms with E-state index in [-0.39, 0.29) is 0 Å². The molecular formula is C13H16O2. The van der Waals surface area contributed by atoms with E-state index in [1.807, 2.05) is 44.2 Å². The molecule has 1 aromatic carbocycles. The van der Waals surface area contributed by atoms with Crippen molar-refractivity contribution in [3.8, 4) is 17.8 Å². The Kier molecular flexibility index (Phi) is 4.20. The molecule has 2 nitrogen and oxygen atoms in total. The van der Waals surface area contributed by atoms with Gasteiger partial charge in [0.2, 0.25) is 0 Å². The van der Waals surface area contributed by atoms with E-state index in [2.05, 4.69) is 12.0 Å². The Morgan fingerprint density at radius 2 is 1.80 bits per heavy atom. The van der Waals surface area contributed by atoms with Crippen LogP contribution in [0.3, 0.4) is 0 Å². The summed E-state index contributed by atoms with van der Waals surface area (Å²) in [7, 11) is 0. The van der Waals surface area contributed by atoms with Crippen LogP contribution in [0.5, 0.6) is 5.75 Å². The van der Waals surface area contributed by atoms with Crippen molar-refractivity contribution in [1.29, 1.82) is 0 Å². The summed E-state index contributed by atoms with van der Waals surface area (Å²) in [6.07, 6.45) is 3.76. The van der Waals surface area contributed by atoms with Gasteiger partial charge in [-0.1, -0.05) is 32.0 Å². The zero-order valence-electron chi connectivity index (χ0n) is 9.16. The number of rotatable bonds is 3. The number of para-hydroxylation sites is 1. The minimum atomic E-state index is -0.922. The molecule has 1 aromatic rings. The molecule has 80 valence electrons. The molecule has 0 unspecified atom stereocenters. The van der Waals surface area contributed by atoms with Crippen molar-refractivity contribution in [2.45, 2.75) is 32.3 Å². The van der Waals surface area contributed by atoms with Gasteiger partial charge in [0.05, 0.1) is 0 Å². The van der Waals surface area contributed by atoms with E-state index in [4.69, 9.17) is 4.74 Å². The lowest BCUT2D eigenvalue weighted by molar-refractivity contribution is 0.0924. The molecule has 15 heavy (non-hydrogen) atoms. The van der Waals surface area contributed by atoms with Gasteiger partial charge in [0.25, 0.3) is 0 Å². The molecule has 0 aliphatic heterocycles. The first-order chi connectivity index (χ1) is 7.20. The largest absolute Gasteiger partial charge is 0.407 e. The van der Waals surface area contributed by atoms with Crippen LogP contribution in [-0.4, -0.2) is 10.7 Å². The lowest BCUT2D eigenvalue weighted by atomic mass is 9.99. The van der Waals surface area contributed by atoms with Crippen molar-refractivity contribution in [3.63, 3.8) is 0 Å². The van der Waals surface area contributed by atoms with Crippen molar-refractivity contribution in [3.05, 3.63) is 30.3 Å². The lowest BCUT2D eigenvalue weighted by Crippen LogP contribution is -2.23.